The van der Waals surface area contributed by atoms with Crippen LogP contribution in [0.4, 0.5) is 0 Å². The normalized spacial score (nSPS) is 13.6. The molecular formula is C17H17NO. The van der Waals surface area contributed by atoms with Gasteiger partial charge in [-0.05, 0) is 41.3 Å². The molecule has 0 radical (unpaired) electrons. The van der Waals surface area contributed by atoms with E-state index in [9.17, 15) is 0 Å². The van der Waals surface area contributed by atoms with E-state index in [2.05, 4.69) is 36.4 Å². The summed E-state index contributed by atoms with van der Waals surface area (Å²) in [6.07, 6.45) is 1.91. The maximum absolute atomic E-state index is 5.29. The molecular weight excluding hydrogens is 234 g/mol. The van der Waals surface area contributed by atoms with E-state index in [0.29, 0.717) is 0 Å². The molecule has 96 valence electrons. The third kappa shape index (κ3) is 2.53. The Kier molecular flexibility index (Phi) is 3.32. The van der Waals surface area contributed by atoms with Crippen LogP contribution in [0.5, 0.6) is 5.75 Å². The van der Waals surface area contributed by atoms with Gasteiger partial charge in [0.2, 0.25) is 0 Å². The van der Waals surface area contributed by atoms with E-state index in [-0.39, 0.29) is 0 Å². The lowest BCUT2D eigenvalue weighted by Gasteiger charge is -2.18. The monoisotopic (exact) mass is 251 g/mol. The molecule has 0 saturated carbocycles. The maximum atomic E-state index is 5.29. The number of ether oxygens (including phenoxy) is 1. The predicted octanol–water partition coefficient (Wildman–Crippen LogP) is 3.28. The molecule has 0 atom stereocenters. The SMILES string of the molecule is COc1ccc2c(c1)CCN=C2Cc1ccccc1. The lowest BCUT2D eigenvalue weighted by atomic mass is 9.93. The van der Waals surface area contributed by atoms with Gasteiger partial charge < -0.3 is 4.74 Å². The molecule has 0 aliphatic carbocycles. The summed E-state index contributed by atoms with van der Waals surface area (Å²) in [6, 6.07) is 16.8. The minimum absolute atomic E-state index is 0.877. The quantitative estimate of drug-likeness (QED) is 0.820. The number of methoxy groups -OCH3 is 1. The largest absolute Gasteiger partial charge is 0.497 e. The third-order valence-electron chi connectivity index (χ3n) is 3.52. The van der Waals surface area contributed by atoms with Gasteiger partial charge in [0.05, 0.1) is 7.11 Å². The summed E-state index contributed by atoms with van der Waals surface area (Å²) in [4.78, 5) is 4.70. The molecule has 2 nitrogen and oxygen atoms in total. The topological polar surface area (TPSA) is 21.6 Å². The first kappa shape index (κ1) is 12.0. The van der Waals surface area contributed by atoms with Crippen LogP contribution in [0.3, 0.4) is 0 Å². The van der Waals surface area contributed by atoms with Crippen LogP contribution in [0.1, 0.15) is 16.7 Å². The number of hydrogen-bond acceptors (Lipinski definition) is 2. The summed E-state index contributed by atoms with van der Waals surface area (Å²) in [6.45, 7) is 0.877. The van der Waals surface area contributed by atoms with Gasteiger partial charge in [-0.15, -0.1) is 0 Å². The molecule has 2 heteroatoms. The minimum Gasteiger partial charge on any atom is -0.497 e. The van der Waals surface area contributed by atoms with E-state index in [4.69, 9.17) is 9.73 Å². The van der Waals surface area contributed by atoms with E-state index in [1.807, 2.05) is 12.1 Å². The van der Waals surface area contributed by atoms with E-state index < -0.39 is 0 Å². The standard InChI is InChI=1S/C17H17NO/c1-19-15-7-8-16-14(12-15)9-10-18-17(16)11-13-5-3-2-4-6-13/h2-8,12H,9-11H2,1H3. The van der Waals surface area contributed by atoms with Crippen LogP contribution in [0, 0.1) is 0 Å². The average molecular weight is 251 g/mol. The van der Waals surface area contributed by atoms with Crippen molar-refractivity contribution < 1.29 is 4.74 Å². The summed E-state index contributed by atoms with van der Waals surface area (Å²) in [5.41, 5.74) is 5.12. The van der Waals surface area contributed by atoms with Crippen molar-refractivity contribution in [1.82, 2.24) is 0 Å². The van der Waals surface area contributed by atoms with Crippen molar-refractivity contribution in [3.8, 4) is 5.75 Å². The first-order valence-electron chi connectivity index (χ1n) is 6.61. The van der Waals surface area contributed by atoms with Crippen molar-refractivity contribution in [1.29, 1.82) is 0 Å². The number of benzene rings is 2. The molecule has 3 rings (SSSR count). The molecule has 0 aromatic heterocycles. The first-order chi connectivity index (χ1) is 9.36. The van der Waals surface area contributed by atoms with E-state index in [1.165, 1.54) is 22.4 Å². The van der Waals surface area contributed by atoms with Crippen LogP contribution in [0.15, 0.2) is 53.5 Å². The van der Waals surface area contributed by atoms with Gasteiger partial charge in [0, 0.05) is 18.7 Å². The zero-order chi connectivity index (χ0) is 13.1. The van der Waals surface area contributed by atoms with Crippen molar-refractivity contribution in [2.24, 2.45) is 4.99 Å². The van der Waals surface area contributed by atoms with E-state index in [0.717, 1.165) is 25.1 Å². The van der Waals surface area contributed by atoms with Crippen LogP contribution in [0.2, 0.25) is 0 Å². The van der Waals surface area contributed by atoms with Crippen molar-refractivity contribution in [3.63, 3.8) is 0 Å². The Balaban J connectivity index is 1.91. The Morgan fingerprint density at radius 1 is 1.11 bits per heavy atom. The van der Waals surface area contributed by atoms with Crippen LogP contribution in [-0.4, -0.2) is 19.4 Å². The van der Waals surface area contributed by atoms with Crippen molar-refractivity contribution in [3.05, 3.63) is 65.2 Å². The second-order valence-corrected chi connectivity index (χ2v) is 4.76. The van der Waals surface area contributed by atoms with Gasteiger partial charge in [-0.1, -0.05) is 30.3 Å². The molecule has 1 aliphatic heterocycles. The zero-order valence-electron chi connectivity index (χ0n) is 11.1. The van der Waals surface area contributed by atoms with Gasteiger partial charge in [0.1, 0.15) is 5.75 Å². The van der Waals surface area contributed by atoms with Crippen LogP contribution < -0.4 is 4.74 Å². The Labute approximate surface area is 113 Å². The second kappa shape index (κ2) is 5.27. The summed E-state index contributed by atoms with van der Waals surface area (Å²) >= 11 is 0. The molecule has 2 aromatic carbocycles. The van der Waals surface area contributed by atoms with E-state index in [1.54, 1.807) is 7.11 Å². The highest BCUT2D eigenvalue weighted by Gasteiger charge is 2.15. The smallest absolute Gasteiger partial charge is 0.119 e. The predicted molar refractivity (Wildman–Crippen MR) is 78.2 cm³/mol. The van der Waals surface area contributed by atoms with Crippen LogP contribution in [0.25, 0.3) is 0 Å². The molecule has 0 spiro atoms. The minimum atomic E-state index is 0.877. The molecule has 19 heavy (non-hydrogen) atoms. The Bertz CT molecular complexity index is 602. The molecule has 0 fully saturated rings. The third-order valence-corrected chi connectivity index (χ3v) is 3.52. The maximum Gasteiger partial charge on any atom is 0.119 e. The Morgan fingerprint density at radius 3 is 2.74 bits per heavy atom. The molecule has 0 N–H and O–H groups in total. The highest BCUT2D eigenvalue weighted by molar-refractivity contribution is 6.03. The van der Waals surface area contributed by atoms with Gasteiger partial charge in [-0.2, -0.15) is 0 Å². The fraction of sp³-hybridized carbons (Fsp3) is 0.235. The fourth-order valence-corrected chi connectivity index (χ4v) is 2.52. The number of rotatable bonds is 3. The molecule has 2 aromatic rings. The number of hydrogen-bond donors (Lipinski definition) is 0. The second-order valence-electron chi connectivity index (χ2n) is 4.76. The highest BCUT2D eigenvalue weighted by atomic mass is 16.5. The van der Waals surface area contributed by atoms with Crippen molar-refractivity contribution >= 4 is 5.71 Å². The summed E-state index contributed by atoms with van der Waals surface area (Å²) in [7, 11) is 1.71. The molecule has 0 unspecified atom stereocenters. The number of fused-ring (bicyclic) bond motifs is 1. The van der Waals surface area contributed by atoms with Gasteiger partial charge >= 0.3 is 0 Å². The van der Waals surface area contributed by atoms with Crippen molar-refractivity contribution in [2.75, 3.05) is 13.7 Å². The number of nitrogens with zero attached hydrogens (tertiary/aromatic N) is 1. The average Bonchev–Trinajstić information content (AvgIpc) is 2.48. The number of aliphatic imine (C=N–C) groups is 1. The van der Waals surface area contributed by atoms with Crippen molar-refractivity contribution in [2.45, 2.75) is 12.8 Å². The van der Waals surface area contributed by atoms with Crippen LogP contribution in [-0.2, 0) is 12.8 Å². The van der Waals surface area contributed by atoms with Crippen LogP contribution >= 0.6 is 0 Å². The molecule has 1 heterocycles. The van der Waals surface area contributed by atoms with Gasteiger partial charge in [-0.25, -0.2) is 0 Å². The van der Waals surface area contributed by atoms with E-state index >= 15 is 0 Å². The summed E-state index contributed by atoms with van der Waals surface area (Å²) in [5.74, 6) is 0.930. The van der Waals surface area contributed by atoms with Gasteiger partial charge in [0.15, 0.2) is 0 Å². The highest BCUT2D eigenvalue weighted by Crippen LogP contribution is 2.23. The molecule has 0 saturated heterocycles. The molecule has 1 aliphatic rings. The lowest BCUT2D eigenvalue weighted by molar-refractivity contribution is 0.414. The fourth-order valence-electron chi connectivity index (χ4n) is 2.52. The summed E-state index contributed by atoms with van der Waals surface area (Å²) in [5, 5.41) is 0. The first-order valence-corrected chi connectivity index (χ1v) is 6.61. The Morgan fingerprint density at radius 2 is 1.95 bits per heavy atom. The lowest BCUT2D eigenvalue weighted by Crippen LogP contribution is -2.15. The van der Waals surface area contributed by atoms with Gasteiger partial charge in [-0.3, -0.25) is 4.99 Å². The molecule has 0 bridgehead atoms. The summed E-state index contributed by atoms with van der Waals surface area (Å²) < 4.78 is 5.29. The zero-order valence-corrected chi connectivity index (χ0v) is 11.1. The van der Waals surface area contributed by atoms with Gasteiger partial charge in [0.25, 0.3) is 0 Å². The Hall–Kier alpha value is -2.09. The molecule has 0 amide bonds.